The zero-order valence-corrected chi connectivity index (χ0v) is 10.2. The first kappa shape index (κ1) is 10.8. The quantitative estimate of drug-likeness (QED) is 0.772. The van der Waals surface area contributed by atoms with Gasteiger partial charge in [0.2, 0.25) is 0 Å². The molecule has 1 fully saturated rings. The SMILES string of the molecule is CN(C)C1CC(n2ccc3c(F)cccc32)C1. The van der Waals surface area contributed by atoms with Crippen molar-refractivity contribution in [1.29, 1.82) is 0 Å². The molecule has 2 aromatic rings. The van der Waals surface area contributed by atoms with Gasteiger partial charge in [0.25, 0.3) is 0 Å². The van der Waals surface area contributed by atoms with Crippen LogP contribution < -0.4 is 0 Å². The summed E-state index contributed by atoms with van der Waals surface area (Å²) in [4.78, 5) is 2.27. The fourth-order valence-electron chi connectivity index (χ4n) is 2.68. The Morgan fingerprint density at radius 1 is 1.24 bits per heavy atom. The van der Waals surface area contributed by atoms with Crippen LogP contribution in [0.3, 0.4) is 0 Å². The molecule has 0 atom stereocenters. The van der Waals surface area contributed by atoms with Crippen molar-refractivity contribution in [2.75, 3.05) is 14.1 Å². The fraction of sp³-hybridized carbons (Fsp3) is 0.429. The third kappa shape index (κ3) is 1.65. The molecule has 1 heterocycles. The summed E-state index contributed by atoms with van der Waals surface area (Å²) in [5, 5.41) is 0.737. The van der Waals surface area contributed by atoms with Gasteiger partial charge < -0.3 is 9.47 Å². The van der Waals surface area contributed by atoms with Gasteiger partial charge in [-0.15, -0.1) is 0 Å². The third-order valence-electron chi connectivity index (χ3n) is 3.92. The Labute approximate surface area is 101 Å². The van der Waals surface area contributed by atoms with E-state index in [9.17, 15) is 4.39 Å². The van der Waals surface area contributed by atoms with Crippen LogP contribution in [0.4, 0.5) is 4.39 Å². The molecule has 2 nitrogen and oxygen atoms in total. The second-order valence-electron chi connectivity index (χ2n) is 5.14. The molecule has 1 saturated carbocycles. The summed E-state index contributed by atoms with van der Waals surface area (Å²) in [6.45, 7) is 0. The van der Waals surface area contributed by atoms with Crippen LogP contribution in [0.1, 0.15) is 18.9 Å². The lowest BCUT2D eigenvalue weighted by Gasteiger charge is -2.40. The first-order valence-electron chi connectivity index (χ1n) is 6.08. The molecule has 0 radical (unpaired) electrons. The predicted molar refractivity (Wildman–Crippen MR) is 67.6 cm³/mol. The minimum atomic E-state index is -0.121. The molecule has 1 aliphatic carbocycles. The van der Waals surface area contributed by atoms with Gasteiger partial charge in [0.05, 0.1) is 5.52 Å². The molecule has 0 bridgehead atoms. The molecule has 3 heteroatoms. The van der Waals surface area contributed by atoms with E-state index in [1.807, 2.05) is 18.3 Å². The number of hydrogen-bond donors (Lipinski definition) is 0. The van der Waals surface area contributed by atoms with Crippen molar-refractivity contribution in [3.8, 4) is 0 Å². The van der Waals surface area contributed by atoms with E-state index in [1.54, 1.807) is 6.07 Å². The maximum Gasteiger partial charge on any atom is 0.132 e. The minimum Gasteiger partial charge on any atom is -0.344 e. The second kappa shape index (κ2) is 3.84. The molecule has 1 aromatic carbocycles. The van der Waals surface area contributed by atoms with Crippen LogP contribution in [-0.2, 0) is 0 Å². The van der Waals surface area contributed by atoms with Crippen molar-refractivity contribution in [2.24, 2.45) is 0 Å². The number of nitrogens with zero attached hydrogens (tertiary/aromatic N) is 2. The molecule has 0 amide bonds. The van der Waals surface area contributed by atoms with Crippen molar-refractivity contribution in [2.45, 2.75) is 24.9 Å². The van der Waals surface area contributed by atoms with E-state index in [2.05, 4.69) is 23.6 Å². The molecule has 1 aliphatic rings. The summed E-state index contributed by atoms with van der Waals surface area (Å²) in [6.07, 6.45) is 4.34. The number of fused-ring (bicyclic) bond motifs is 1. The summed E-state index contributed by atoms with van der Waals surface area (Å²) in [7, 11) is 4.24. The molecule has 0 unspecified atom stereocenters. The number of benzene rings is 1. The van der Waals surface area contributed by atoms with Gasteiger partial charge >= 0.3 is 0 Å². The van der Waals surface area contributed by atoms with Gasteiger partial charge in [-0.3, -0.25) is 0 Å². The molecule has 3 rings (SSSR count). The van der Waals surface area contributed by atoms with Crippen LogP contribution in [0.2, 0.25) is 0 Å². The van der Waals surface area contributed by atoms with E-state index < -0.39 is 0 Å². The average Bonchev–Trinajstić information content (AvgIpc) is 2.61. The Morgan fingerprint density at radius 2 is 2.00 bits per heavy atom. The van der Waals surface area contributed by atoms with E-state index in [-0.39, 0.29) is 5.82 Å². The highest BCUT2D eigenvalue weighted by Crippen LogP contribution is 2.37. The average molecular weight is 232 g/mol. The summed E-state index contributed by atoms with van der Waals surface area (Å²) in [5.74, 6) is -0.121. The lowest BCUT2D eigenvalue weighted by atomic mass is 9.85. The Morgan fingerprint density at radius 3 is 2.71 bits per heavy atom. The topological polar surface area (TPSA) is 8.17 Å². The molecular formula is C14H17FN2. The number of rotatable bonds is 2. The van der Waals surface area contributed by atoms with Gasteiger partial charge in [-0.25, -0.2) is 4.39 Å². The monoisotopic (exact) mass is 232 g/mol. The van der Waals surface area contributed by atoms with Crippen molar-refractivity contribution in [1.82, 2.24) is 9.47 Å². The van der Waals surface area contributed by atoms with E-state index in [1.165, 1.54) is 6.07 Å². The highest BCUT2D eigenvalue weighted by molar-refractivity contribution is 5.80. The summed E-state index contributed by atoms with van der Waals surface area (Å²) >= 11 is 0. The van der Waals surface area contributed by atoms with Gasteiger partial charge in [-0.05, 0) is 45.1 Å². The van der Waals surface area contributed by atoms with Crippen LogP contribution in [-0.4, -0.2) is 29.6 Å². The normalized spacial score (nSPS) is 24.2. The first-order valence-corrected chi connectivity index (χ1v) is 6.08. The number of aromatic nitrogens is 1. The van der Waals surface area contributed by atoms with Crippen molar-refractivity contribution < 1.29 is 4.39 Å². The van der Waals surface area contributed by atoms with Crippen molar-refractivity contribution >= 4 is 10.9 Å². The number of hydrogen-bond acceptors (Lipinski definition) is 1. The zero-order valence-electron chi connectivity index (χ0n) is 10.2. The first-order chi connectivity index (χ1) is 8.16. The van der Waals surface area contributed by atoms with Crippen LogP contribution >= 0.6 is 0 Å². The summed E-state index contributed by atoms with van der Waals surface area (Å²) in [6, 6.07) is 8.40. The summed E-state index contributed by atoms with van der Waals surface area (Å²) < 4.78 is 15.8. The number of halogens is 1. The van der Waals surface area contributed by atoms with Gasteiger partial charge in [0.15, 0.2) is 0 Å². The van der Waals surface area contributed by atoms with Crippen LogP contribution in [0, 0.1) is 5.82 Å². The van der Waals surface area contributed by atoms with Gasteiger partial charge in [-0.1, -0.05) is 6.07 Å². The van der Waals surface area contributed by atoms with E-state index in [0.717, 1.165) is 23.7 Å². The lowest BCUT2D eigenvalue weighted by molar-refractivity contribution is 0.132. The fourth-order valence-corrected chi connectivity index (χ4v) is 2.68. The highest BCUT2D eigenvalue weighted by Gasteiger charge is 2.32. The standard InChI is InChI=1S/C14H17FN2/c1-16(2)10-8-11(9-10)17-7-6-12-13(15)4-3-5-14(12)17/h3-7,10-11H,8-9H2,1-2H3. The largest absolute Gasteiger partial charge is 0.344 e. The zero-order chi connectivity index (χ0) is 12.0. The van der Waals surface area contributed by atoms with Crippen molar-refractivity contribution in [3.63, 3.8) is 0 Å². The molecular weight excluding hydrogens is 215 g/mol. The van der Waals surface area contributed by atoms with Crippen LogP contribution in [0.5, 0.6) is 0 Å². The van der Waals surface area contributed by atoms with E-state index >= 15 is 0 Å². The Hall–Kier alpha value is -1.35. The Bertz CT molecular complexity index is 538. The van der Waals surface area contributed by atoms with Crippen molar-refractivity contribution in [3.05, 3.63) is 36.3 Å². The van der Waals surface area contributed by atoms with E-state index in [4.69, 9.17) is 0 Å². The smallest absolute Gasteiger partial charge is 0.132 e. The Balaban J connectivity index is 1.90. The van der Waals surface area contributed by atoms with E-state index in [0.29, 0.717) is 12.1 Å². The molecule has 0 aliphatic heterocycles. The lowest BCUT2D eigenvalue weighted by Crippen LogP contribution is -2.41. The second-order valence-corrected chi connectivity index (χ2v) is 5.14. The molecule has 0 spiro atoms. The molecule has 17 heavy (non-hydrogen) atoms. The highest BCUT2D eigenvalue weighted by atomic mass is 19.1. The molecule has 90 valence electrons. The van der Waals surface area contributed by atoms with Crippen LogP contribution in [0.25, 0.3) is 10.9 Å². The minimum absolute atomic E-state index is 0.121. The predicted octanol–water partition coefficient (Wildman–Crippen LogP) is 3.05. The molecule has 0 saturated heterocycles. The maximum atomic E-state index is 13.6. The summed E-state index contributed by atoms with van der Waals surface area (Å²) in [5.41, 5.74) is 1.02. The maximum absolute atomic E-state index is 13.6. The molecule has 1 aromatic heterocycles. The molecule has 0 N–H and O–H groups in total. The Kier molecular flexibility index (Phi) is 2.44. The van der Waals surface area contributed by atoms with Gasteiger partial charge in [0.1, 0.15) is 5.82 Å². The third-order valence-corrected chi connectivity index (χ3v) is 3.92. The van der Waals surface area contributed by atoms with Gasteiger partial charge in [0, 0.05) is 23.7 Å². The van der Waals surface area contributed by atoms with Crippen LogP contribution in [0.15, 0.2) is 30.5 Å². The van der Waals surface area contributed by atoms with Gasteiger partial charge in [-0.2, -0.15) is 0 Å².